The summed E-state index contributed by atoms with van der Waals surface area (Å²) in [6.45, 7) is 4.52. The lowest BCUT2D eigenvalue weighted by Crippen LogP contribution is -2.42. The van der Waals surface area contributed by atoms with Crippen LogP contribution in [0.3, 0.4) is 0 Å². The SMILES string of the molecule is CCN=C1S[C@H](CC(=O)Nc2ccc(C)c(Cl)c2)C(=O)N1C1CCCCC1. The Morgan fingerprint density at radius 2 is 2.07 bits per heavy atom. The van der Waals surface area contributed by atoms with E-state index in [2.05, 4.69) is 10.3 Å². The molecule has 1 saturated heterocycles. The molecule has 1 aliphatic heterocycles. The van der Waals surface area contributed by atoms with Crippen molar-refractivity contribution in [3.05, 3.63) is 28.8 Å². The zero-order chi connectivity index (χ0) is 19.4. The number of nitrogens with one attached hydrogen (secondary N) is 1. The molecule has 5 nitrogen and oxygen atoms in total. The zero-order valence-electron chi connectivity index (χ0n) is 15.8. The summed E-state index contributed by atoms with van der Waals surface area (Å²) in [5.74, 6) is -0.154. The molecule has 0 aromatic heterocycles. The standard InChI is InChI=1S/C20H26ClN3O2S/c1-3-22-20-24(15-7-5-4-6-8-15)19(26)17(27-20)12-18(25)23-14-10-9-13(2)16(21)11-14/h9-11,15,17H,3-8,12H2,1-2H3,(H,23,25)/t17-/m1/s1. The number of aryl methyl sites for hydroxylation is 1. The van der Waals surface area contributed by atoms with Crippen molar-refractivity contribution in [3.8, 4) is 0 Å². The first-order valence-electron chi connectivity index (χ1n) is 9.59. The normalized spacial score (nSPS) is 22.5. The minimum Gasteiger partial charge on any atom is -0.326 e. The topological polar surface area (TPSA) is 61.8 Å². The van der Waals surface area contributed by atoms with E-state index in [1.54, 1.807) is 6.07 Å². The van der Waals surface area contributed by atoms with Crippen LogP contribution in [0.25, 0.3) is 0 Å². The Morgan fingerprint density at radius 1 is 1.33 bits per heavy atom. The molecule has 2 aliphatic rings. The number of amides is 2. The van der Waals surface area contributed by atoms with Crippen LogP contribution in [0.5, 0.6) is 0 Å². The smallest absolute Gasteiger partial charge is 0.242 e. The van der Waals surface area contributed by atoms with Crippen molar-refractivity contribution in [3.63, 3.8) is 0 Å². The van der Waals surface area contributed by atoms with Crippen LogP contribution in [-0.2, 0) is 9.59 Å². The van der Waals surface area contributed by atoms with E-state index in [1.165, 1.54) is 18.2 Å². The van der Waals surface area contributed by atoms with Crippen molar-refractivity contribution in [2.45, 2.75) is 63.7 Å². The number of hydrogen-bond acceptors (Lipinski definition) is 4. The van der Waals surface area contributed by atoms with Gasteiger partial charge in [0.05, 0.1) is 0 Å². The number of aliphatic imine (C=N–C) groups is 1. The second-order valence-electron chi connectivity index (χ2n) is 7.08. The Balaban J connectivity index is 1.67. The number of nitrogens with zero attached hydrogens (tertiary/aromatic N) is 2. The first-order valence-corrected chi connectivity index (χ1v) is 10.9. The van der Waals surface area contributed by atoms with E-state index in [1.807, 2.05) is 30.9 Å². The number of halogens is 1. The van der Waals surface area contributed by atoms with Gasteiger partial charge in [0.25, 0.3) is 0 Å². The monoisotopic (exact) mass is 407 g/mol. The van der Waals surface area contributed by atoms with Gasteiger partial charge >= 0.3 is 0 Å². The number of rotatable bonds is 5. The quantitative estimate of drug-likeness (QED) is 0.773. The summed E-state index contributed by atoms with van der Waals surface area (Å²) in [5.41, 5.74) is 1.61. The number of hydrogen-bond donors (Lipinski definition) is 1. The average Bonchev–Trinajstić information content (AvgIpc) is 2.94. The Bertz CT molecular complexity index is 747. The van der Waals surface area contributed by atoms with Gasteiger partial charge in [0.15, 0.2) is 5.17 Å². The summed E-state index contributed by atoms with van der Waals surface area (Å²) in [6.07, 6.45) is 5.72. The van der Waals surface area contributed by atoms with Crippen LogP contribution < -0.4 is 5.32 Å². The number of carbonyl (C=O) groups is 2. The summed E-state index contributed by atoms with van der Waals surface area (Å²) in [5, 5.41) is 3.84. The number of amidine groups is 1. The van der Waals surface area contributed by atoms with Gasteiger partial charge in [-0.1, -0.05) is 48.7 Å². The van der Waals surface area contributed by atoms with Crippen molar-refractivity contribution in [2.75, 3.05) is 11.9 Å². The highest BCUT2D eigenvalue weighted by molar-refractivity contribution is 8.15. The lowest BCUT2D eigenvalue weighted by atomic mass is 9.94. The van der Waals surface area contributed by atoms with Crippen LogP contribution in [0.15, 0.2) is 23.2 Å². The Labute approximate surface area is 169 Å². The fourth-order valence-electron chi connectivity index (χ4n) is 3.59. The maximum absolute atomic E-state index is 13.0. The van der Waals surface area contributed by atoms with Gasteiger partial charge in [-0.25, -0.2) is 0 Å². The Hall–Kier alpha value is -1.53. The molecule has 0 radical (unpaired) electrons. The first-order chi connectivity index (χ1) is 13.0. The van der Waals surface area contributed by atoms with Crippen LogP contribution in [0.2, 0.25) is 5.02 Å². The maximum atomic E-state index is 13.0. The van der Waals surface area contributed by atoms with Crippen LogP contribution >= 0.6 is 23.4 Å². The molecule has 0 spiro atoms. The fourth-order valence-corrected chi connectivity index (χ4v) is 5.03. The largest absolute Gasteiger partial charge is 0.326 e. The minimum absolute atomic E-state index is 0.0242. The van der Waals surface area contributed by atoms with Gasteiger partial charge in [0.2, 0.25) is 11.8 Å². The van der Waals surface area contributed by atoms with E-state index in [4.69, 9.17) is 11.6 Å². The highest BCUT2D eigenvalue weighted by Gasteiger charge is 2.42. The van der Waals surface area contributed by atoms with E-state index in [0.717, 1.165) is 36.4 Å². The second-order valence-corrected chi connectivity index (χ2v) is 8.66. The lowest BCUT2D eigenvalue weighted by Gasteiger charge is -2.30. The molecule has 1 aromatic rings. The molecule has 1 heterocycles. The van der Waals surface area contributed by atoms with E-state index >= 15 is 0 Å². The van der Waals surface area contributed by atoms with E-state index in [9.17, 15) is 9.59 Å². The van der Waals surface area contributed by atoms with Gasteiger partial charge in [-0.05, 0) is 44.4 Å². The third-order valence-electron chi connectivity index (χ3n) is 5.03. The predicted molar refractivity (Wildman–Crippen MR) is 113 cm³/mol. The van der Waals surface area contributed by atoms with Gasteiger partial charge in [0, 0.05) is 29.7 Å². The zero-order valence-corrected chi connectivity index (χ0v) is 17.4. The van der Waals surface area contributed by atoms with Gasteiger partial charge in [-0.15, -0.1) is 0 Å². The number of thioether (sulfide) groups is 1. The molecule has 7 heteroatoms. The second kappa shape index (κ2) is 9.11. The predicted octanol–water partition coefficient (Wildman–Crippen LogP) is 4.63. The van der Waals surface area contributed by atoms with Crippen molar-refractivity contribution >= 4 is 46.0 Å². The fraction of sp³-hybridized carbons (Fsp3) is 0.550. The first kappa shape index (κ1) is 20.2. The van der Waals surface area contributed by atoms with Gasteiger partial charge in [0.1, 0.15) is 5.25 Å². The third kappa shape index (κ3) is 4.85. The highest BCUT2D eigenvalue weighted by atomic mass is 35.5. The van der Waals surface area contributed by atoms with Crippen LogP contribution in [0.4, 0.5) is 5.69 Å². The van der Waals surface area contributed by atoms with Gasteiger partial charge in [-0.2, -0.15) is 0 Å². The summed E-state index contributed by atoms with van der Waals surface area (Å²) >= 11 is 7.55. The molecular weight excluding hydrogens is 382 g/mol. The molecule has 1 aliphatic carbocycles. The molecule has 1 atom stereocenters. The summed E-state index contributed by atoms with van der Waals surface area (Å²) in [6, 6.07) is 5.65. The van der Waals surface area contributed by atoms with E-state index < -0.39 is 5.25 Å². The number of carbonyl (C=O) groups excluding carboxylic acids is 2. The van der Waals surface area contributed by atoms with Crippen LogP contribution in [-0.4, -0.2) is 39.7 Å². The summed E-state index contributed by atoms with van der Waals surface area (Å²) < 4.78 is 0. The molecule has 0 bridgehead atoms. The minimum atomic E-state index is -0.404. The van der Waals surface area contributed by atoms with Gasteiger partial charge < -0.3 is 5.32 Å². The van der Waals surface area contributed by atoms with Crippen molar-refractivity contribution in [1.29, 1.82) is 0 Å². The highest BCUT2D eigenvalue weighted by Crippen LogP contribution is 2.35. The Morgan fingerprint density at radius 3 is 2.74 bits per heavy atom. The molecule has 146 valence electrons. The molecule has 0 unspecified atom stereocenters. The number of benzene rings is 1. The summed E-state index contributed by atoms with van der Waals surface area (Å²) in [7, 11) is 0. The van der Waals surface area contributed by atoms with Crippen LogP contribution in [0.1, 0.15) is 51.0 Å². The van der Waals surface area contributed by atoms with Crippen molar-refractivity contribution in [2.24, 2.45) is 4.99 Å². The maximum Gasteiger partial charge on any atom is 0.242 e. The Kier molecular flexibility index (Phi) is 6.82. The molecule has 1 aromatic carbocycles. The van der Waals surface area contributed by atoms with Gasteiger partial charge in [-0.3, -0.25) is 19.5 Å². The van der Waals surface area contributed by atoms with Crippen molar-refractivity contribution < 1.29 is 9.59 Å². The van der Waals surface area contributed by atoms with E-state index in [0.29, 0.717) is 17.3 Å². The molecule has 2 fully saturated rings. The molecule has 1 saturated carbocycles. The third-order valence-corrected chi connectivity index (χ3v) is 6.62. The molecule has 27 heavy (non-hydrogen) atoms. The summed E-state index contributed by atoms with van der Waals surface area (Å²) in [4.78, 5) is 31.9. The number of anilines is 1. The average molecular weight is 408 g/mol. The molecule has 1 N–H and O–H groups in total. The molecule has 3 rings (SSSR count). The molecular formula is C20H26ClN3O2S. The van der Waals surface area contributed by atoms with Crippen molar-refractivity contribution in [1.82, 2.24) is 4.90 Å². The van der Waals surface area contributed by atoms with E-state index in [-0.39, 0.29) is 24.3 Å². The molecule has 2 amide bonds. The lowest BCUT2D eigenvalue weighted by molar-refractivity contribution is -0.130. The van der Waals surface area contributed by atoms with Crippen LogP contribution in [0, 0.1) is 6.92 Å².